The minimum absolute atomic E-state index is 0.00941. The van der Waals surface area contributed by atoms with Crippen molar-refractivity contribution in [2.75, 3.05) is 26.3 Å². The molecule has 0 spiro atoms. The molecule has 5 nitrogen and oxygen atoms in total. The summed E-state index contributed by atoms with van der Waals surface area (Å²) in [5.74, 6) is 0.989. The van der Waals surface area contributed by atoms with Gasteiger partial charge in [-0.2, -0.15) is 0 Å². The number of hydrogen-bond donors (Lipinski definition) is 3. The summed E-state index contributed by atoms with van der Waals surface area (Å²) in [5, 5.41) is 15.3. The predicted octanol–water partition coefficient (Wildman–Crippen LogP) is 2.62. The van der Waals surface area contributed by atoms with E-state index in [2.05, 4.69) is 47.9 Å². The standard InChI is InChI=1S/C22H28N2O3/c1-16-2-4-17(5-3-16)12-19(15-25)14-24-22(26)23-10-8-18-6-7-21-20(13-18)9-11-27-21/h2-7,13,19,25H,8-12,14-15H2,1H3,(H2,23,24,26)/t19-/m0/s1. The molecule has 5 heteroatoms. The fourth-order valence-corrected chi connectivity index (χ4v) is 3.27. The average Bonchev–Trinajstić information content (AvgIpc) is 3.14. The topological polar surface area (TPSA) is 70.6 Å². The van der Waals surface area contributed by atoms with Crippen molar-refractivity contribution in [2.45, 2.75) is 26.2 Å². The zero-order chi connectivity index (χ0) is 19.1. The van der Waals surface area contributed by atoms with E-state index in [1.807, 2.05) is 12.1 Å². The maximum Gasteiger partial charge on any atom is 0.314 e. The van der Waals surface area contributed by atoms with Gasteiger partial charge >= 0.3 is 6.03 Å². The normalized spacial score (nSPS) is 13.6. The van der Waals surface area contributed by atoms with Crippen molar-refractivity contribution in [3.05, 3.63) is 64.7 Å². The van der Waals surface area contributed by atoms with Gasteiger partial charge in [-0.15, -0.1) is 0 Å². The highest BCUT2D eigenvalue weighted by Gasteiger charge is 2.13. The molecule has 0 aromatic heterocycles. The van der Waals surface area contributed by atoms with E-state index in [1.54, 1.807) is 0 Å². The molecule has 27 heavy (non-hydrogen) atoms. The van der Waals surface area contributed by atoms with Gasteiger partial charge in [-0.3, -0.25) is 0 Å². The molecule has 1 atom stereocenters. The number of aliphatic hydroxyl groups is 1. The van der Waals surface area contributed by atoms with E-state index in [1.165, 1.54) is 22.3 Å². The summed E-state index contributed by atoms with van der Waals surface area (Å²) in [6.45, 7) is 3.88. The lowest BCUT2D eigenvalue weighted by Gasteiger charge is -2.16. The minimum Gasteiger partial charge on any atom is -0.493 e. The van der Waals surface area contributed by atoms with Crippen LogP contribution < -0.4 is 15.4 Å². The Morgan fingerprint density at radius 1 is 1.15 bits per heavy atom. The predicted molar refractivity (Wildman–Crippen MR) is 106 cm³/mol. The zero-order valence-corrected chi connectivity index (χ0v) is 15.8. The Labute approximate surface area is 160 Å². The van der Waals surface area contributed by atoms with E-state index < -0.39 is 0 Å². The Morgan fingerprint density at radius 2 is 1.93 bits per heavy atom. The molecule has 0 fully saturated rings. The monoisotopic (exact) mass is 368 g/mol. The third kappa shape index (κ3) is 5.73. The molecule has 2 amide bonds. The van der Waals surface area contributed by atoms with Gasteiger partial charge in [0.15, 0.2) is 0 Å². The molecule has 0 saturated carbocycles. The van der Waals surface area contributed by atoms with Gasteiger partial charge in [-0.25, -0.2) is 4.79 Å². The first-order chi connectivity index (χ1) is 13.1. The second-order valence-electron chi connectivity index (χ2n) is 7.17. The summed E-state index contributed by atoms with van der Waals surface area (Å²) < 4.78 is 5.51. The molecular formula is C22H28N2O3. The van der Waals surface area contributed by atoms with E-state index in [-0.39, 0.29) is 18.6 Å². The van der Waals surface area contributed by atoms with Crippen LogP contribution in [0.25, 0.3) is 0 Å². The van der Waals surface area contributed by atoms with Gasteiger partial charge in [-0.1, -0.05) is 42.0 Å². The number of benzene rings is 2. The van der Waals surface area contributed by atoms with Gasteiger partial charge in [0.2, 0.25) is 0 Å². The van der Waals surface area contributed by atoms with Crippen molar-refractivity contribution < 1.29 is 14.6 Å². The summed E-state index contributed by atoms with van der Waals surface area (Å²) in [6.07, 6.45) is 2.49. The van der Waals surface area contributed by atoms with Crippen LogP contribution in [0, 0.1) is 12.8 Å². The highest BCUT2D eigenvalue weighted by molar-refractivity contribution is 5.73. The third-order valence-electron chi connectivity index (χ3n) is 4.91. The number of fused-ring (bicyclic) bond motifs is 1. The second-order valence-corrected chi connectivity index (χ2v) is 7.17. The lowest BCUT2D eigenvalue weighted by molar-refractivity contribution is 0.214. The number of rotatable bonds is 8. The Hall–Kier alpha value is -2.53. The fraction of sp³-hybridized carbons (Fsp3) is 0.409. The van der Waals surface area contributed by atoms with Gasteiger partial charge in [0.25, 0.3) is 0 Å². The summed E-state index contributed by atoms with van der Waals surface area (Å²) in [4.78, 5) is 12.0. The van der Waals surface area contributed by atoms with Crippen molar-refractivity contribution in [1.29, 1.82) is 0 Å². The Balaban J connectivity index is 1.37. The second kappa shape index (κ2) is 9.42. The molecule has 3 rings (SSSR count). The molecule has 144 valence electrons. The largest absolute Gasteiger partial charge is 0.493 e. The number of carbonyl (C=O) groups is 1. The van der Waals surface area contributed by atoms with Crippen LogP contribution in [-0.2, 0) is 19.3 Å². The first-order valence-electron chi connectivity index (χ1n) is 9.57. The highest BCUT2D eigenvalue weighted by atomic mass is 16.5. The molecule has 0 bridgehead atoms. The number of hydrogen-bond acceptors (Lipinski definition) is 3. The molecule has 1 heterocycles. The summed E-state index contributed by atoms with van der Waals surface area (Å²) in [5.41, 5.74) is 4.83. The van der Waals surface area contributed by atoms with Crippen LogP contribution >= 0.6 is 0 Å². The smallest absolute Gasteiger partial charge is 0.314 e. The first-order valence-corrected chi connectivity index (χ1v) is 9.57. The summed E-state index contributed by atoms with van der Waals surface area (Å²) in [6, 6.07) is 14.3. The number of aliphatic hydroxyl groups excluding tert-OH is 1. The molecule has 0 saturated heterocycles. The molecule has 1 aliphatic heterocycles. The SMILES string of the molecule is Cc1ccc(C[C@H](CO)CNC(=O)NCCc2ccc3c(c2)CCO3)cc1. The van der Waals surface area contributed by atoms with Crippen molar-refractivity contribution in [2.24, 2.45) is 5.92 Å². The van der Waals surface area contributed by atoms with Gasteiger partial charge in [-0.05, 0) is 42.5 Å². The van der Waals surface area contributed by atoms with Crippen molar-refractivity contribution in [1.82, 2.24) is 10.6 Å². The first kappa shape index (κ1) is 19.2. The average molecular weight is 368 g/mol. The van der Waals surface area contributed by atoms with Crippen molar-refractivity contribution in [3.63, 3.8) is 0 Å². The van der Waals surface area contributed by atoms with E-state index in [0.29, 0.717) is 13.1 Å². The van der Waals surface area contributed by atoms with E-state index in [0.717, 1.165) is 31.6 Å². The van der Waals surface area contributed by atoms with Crippen LogP contribution in [0.4, 0.5) is 4.79 Å². The van der Waals surface area contributed by atoms with Crippen molar-refractivity contribution >= 4 is 6.03 Å². The van der Waals surface area contributed by atoms with Gasteiger partial charge in [0.05, 0.1) is 6.61 Å². The maximum absolute atomic E-state index is 12.0. The van der Waals surface area contributed by atoms with Crippen LogP contribution in [0.3, 0.4) is 0 Å². The van der Waals surface area contributed by atoms with Crippen LogP contribution in [0.5, 0.6) is 5.75 Å². The van der Waals surface area contributed by atoms with E-state index in [4.69, 9.17) is 4.74 Å². The lowest BCUT2D eigenvalue weighted by Crippen LogP contribution is -2.40. The molecule has 2 aromatic carbocycles. The molecule has 1 aliphatic rings. The third-order valence-corrected chi connectivity index (χ3v) is 4.91. The number of amides is 2. The van der Waals surface area contributed by atoms with Crippen molar-refractivity contribution in [3.8, 4) is 5.75 Å². The molecule has 0 radical (unpaired) electrons. The minimum atomic E-state index is -0.193. The van der Waals surface area contributed by atoms with Gasteiger partial charge in [0, 0.05) is 32.0 Å². The molecule has 3 N–H and O–H groups in total. The quantitative estimate of drug-likeness (QED) is 0.671. The number of aryl methyl sites for hydroxylation is 1. The molecule has 0 unspecified atom stereocenters. The van der Waals surface area contributed by atoms with Crippen LogP contribution in [0.1, 0.15) is 22.3 Å². The molecule has 2 aromatic rings. The lowest BCUT2D eigenvalue weighted by atomic mass is 9.99. The maximum atomic E-state index is 12.0. The van der Waals surface area contributed by atoms with E-state index >= 15 is 0 Å². The molecular weight excluding hydrogens is 340 g/mol. The molecule has 0 aliphatic carbocycles. The summed E-state index contributed by atoms with van der Waals surface area (Å²) in [7, 11) is 0. The van der Waals surface area contributed by atoms with Gasteiger partial charge in [0.1, 0.15) is 5.75 Å². The van der Waals surface area contributed by atoms with Gasteiger partial charge < -0.3 is 20.5 Å². The number of carbonyl (C=O) groups excluding carboxylic acids is 1. The summed E-state index contributed by atoms with van der Waals surface area (Å²) >= 11 is 0. The van der Waals surface area contributed by atoms with Crippen LogP contribution in [0.2, 0.25) is 0 Å². The highest BCUT2D eigenvalue weighted by Crippen LogP contribution is 2.25. The Kier molecular flexibility index (Phi) is 6.71. The Morgan fingerprint density at radius 3 is 2.70 bits per heavy atom. The Bertz CT molecular complexity index is 759. The van der Waals surface area contributed by atoms with E-state index in [9.17, 15) is 9.90 Å². The van der Waals surface area contributed by atoms with Crippen LogP contribution in [-0.4, -0.2) is 37.4 Å². The number of ether oxygens (including phenoxy) is 1. The fourth-order valence-electron chi connectivity index (χ4n) is 3.27. The number of urea groups is 1. The number of nitrogens with one attached hydrogen (secondary N) is 2. The zero-order valence-electron chi connectivity index (χ0n) is 15.8. The van der Waals surface area contributed by atoms with Crippen LogP contribution in [0.15, 0.2) is 42.5 Å².